The van der Waals surface area contributed by atoms with Gasteiger partial charge in [0.25, 0.3) is 0 Å². The van der Waals surface area contributed by atoms with Crippen molar-refractivity contribution in [3.8, 4) is 0 Å². The zero-order chi connectivity index (χ0) is 28.8. The predicted octanol–water partition coefficient (Wildman–Crippen LogP) is 8.13. The summed E-state index contributed by atoms with van der Waals surface area (Å²) >= 11 is 0. The molecule has 2 aromatic rings. The van der Waals surface area contributed by atoms with E-state index < -0.39 is 0 Å². The third-order valence-corrected chi connectivity index (χ3v) is 6.43. The number of nitrogens with two attached hydrogens (primary N) is 1. The first-order chi connectivity index (χ1) is 18.1. The summed E-state index contributed by atoms with van der Waals surface area (Å²) in [6.45, 7) is 27.4. The van der Waals surface area contributed by atoms with Crippen molar-refractivity contribution in [1.82, 2.24) is 10.6 Å². The van der Waals surface area contributed by atoms with Gasteiger partial charge in [-0.1, -0.05) is 66.8 Å². The van der Waals surface area contributed by atoms with E-state index in [1.54, 1.807) is 0 Å². The van der Waals surface area contributed by atoms with Gasteiger partial charge in [0.2, 0.25) is 0 Å². The molecule has 2 aromatic carbocycles. The van der Waals surface area contributed by atoms with Gasteiger partial charge >= 0.3 is 0 Å². The van der Waals surface area contributed by atoms with E-state index in [4.69, 9.17) is 0 Å². The quantitative estimate of drug-likeness (QED) is 0.216. The molecule has 0 saturated heterocycles. The van der Waals surface area contributed by atoms with E-state index in [1.807, 2.05) is 6.08 Å². The lowest BCUT2D eigenvalue weighted by Gasteiger charge is -2.20. The highest BCUT2D eigenvalue weighted by Crippen LogP contribution is 2.31. The smallest absolute Gasteiger partial charge is 0.0485 e. The van der Waals surface area contributed by atoms with E-state index in [9.17, 15) is 0 Å². The average molecular weight is 515 g/mol. The Labute approximate surface area is 232 Å². The van der Waals surface area contributed by atoms with Crippen LogP contribution in [0.5, 0.6) is 0 Å². The van der Waals surface area contributed by atoms with Crippen LogP contribution < -0.4 is 21.7 Å². The lowest BCUT2D eigenvalue weighted by atomic mass is 9.95. The largest absolute Gasteiger partial charge is 0.385 e. The van der Waals surface area contributed by atoms with Crippen LogP contribution in [-0.2, 0) is 0 Å². The molecule has 0 fully saturated rings. The first-order valence-corrected chi connectivity index (χ1v) is 13.5. The number of anilines is 1. The maximum absolute atomic E-state index is 4.50. The van der Waals surface area contributed by atoms with Crippen molar-refractivity contribution < 1.29 is 0 Å². The molecule has 4 heteroatoms. The number of hydrogen-bond donors (Lipinski definition) is 4. The van der Waals surface area contributed by atoms with Crippen LogP contribution in [-0.4, -0.2) is 20.1 Å². The summed E-state index contributed by atoms with van der Waals surface area (Å²) in [5.41, 5.74) is 17.2. The van der Waals surface area contributed by atoms with Crippen LogP contribution in [0.2, 0.25) is 0 Å². The van der Waals surface area contributed by atoms with Gasteiger partial charge in [0.15, 0.2) is 0 Å². The van der Waals surface area contributed by atoms with Gasteiger partial charge in [-0.3, -0.25) is 0 Å². The molecule has 0 aliphatic rings. The van der Waals surface area contributed by atoms with Gasteiger partial charge < -0.3 is 21.7 Å². The van der Waals surface area contributed by atoms with Gasteiger partial charge in [0.1, 0.15) is 0 Å². The molecule has 0 spiro atoms. The molecule has 5 N–H and O–H groups in total. The van der Waals surface area contributed by atoms with Crippen molar-refractivity contribution in [3.05, 3.63) is 112 Å². The van der Waals surface area contributed by atoms with E-state index in [0.717, 1.165) is 41.2 Å². The highest BCUT2D eigenvalue weighted by atomic mass is 14.9. The molecule has 0 heterocycles. The fourth-order valence-electron chi connectivity index (χ4n) is 4.24. The zero-order valence-corrected chi connectivity index (χ0v) is 25.2. The number of allylic oxidation sites excluding steroid dienone is 6. The van der Waals surface area contributed by atoms with Gasteiger partial charge in [0.05, 0.1) is 0 Å². The van der Waals surface area contributed by atoms with E-state index in [1.165, 1.54) is 40.6 Å². The summed E-state index contributed by atoms with van der Waals surface area (Å²) in [5, 5.41) is 10.6. The fraction of sp³-hybridized carbons (Fsp3) is 0.353. The summed E-state index contributed by atoms with van der Waals surface area (Å²) in [6.07, 6.45) is 4.17. The van der Waals surface area contributed by atoms with Gasteiger partial charge in [0, 0.05) is 41.8 Å². The van der Waals surface area contributed by atoms with Crippen LogP contribution in [0.3, 0.4) is 0 Å². The third kappa shape index (κ3) is 9.11. The lowest BCUT2D eigenvalue weighted by molar-refractivity contribution is 0.701. The zero-order valence-electron chi connectivity index (χ0n) is 25.2. The summed E-state index contributed by atoms with van der Waals surface area (Å²) < 4.78 is 0. The lowest BCUT2D eigenvalue weighted by Crippen LogP contribution is -2.16. The van der Waals surface area contributed by atoms with Crippen molar-refractivity contribution in [2.24, 2.45) is 5.73 Å². The Morgan fingerprint density at radius 2 is 1.61 bits per heavy atom. The summed E-state index contributed by atoms with van der Waals surface area (Å²) in [4.78, 5) is 0. The molecule has 4 nitrogen and oxygen atoms in total. The Hall–Kier alpha value is -3.50. The van der Waals surface area contributed by atoms with E-state index in [2.05, 4.69) is 139 Å². The van der Waals surface area contributed by atoms with Crippen LogP contribution in [0, 0.1) is 6.92 Å². The first kappa shape index (κ1) is 32.5. The molecular formula is C34H50N4. The van der Waals surface area contributed by atoms with E-state index >= 15 is 0 Å². The molecule has 0 amide bonds. The Bertz CT molecular complexity index is 1160. The number of likely N-dealkylation sites (N-methyl/N-ethyl adjacent to an activating group) is 1. The Morgan fingerprint density at radius 3 is 2.13 bits per heavy atom. The number of aryl methyl sites for hydroxylation is 1. The normalized spacial score (nSPS) is 12.3. The first-order valence-electron chi connectivity index (χ1n) is 13.5. The van der Waals surface area contributed by atoms with Crippen LogP contribution >= 0.6 is 0 Å². The van der Waals surface area contributed by atoms with Crippen LogP contribution in [0.15, 0.2) is 90.2 Å². The number of hydrogen-bond acceptors (Lipinski definition) is 4. The second kappa shape index (κ2) is 16.4. The second-order valence-electron chi connectivity index (χ2n) is 9.56. The van der Waals surface area contributed by atoms with Crippen molar-refractivity contribution in [1.29, 1.82) is 0 Å². The molecule has 2 rings (SSSR count). The summed E-state index contributed by atoms with van der Waals surface area (Å²) in [7, 11) is 1.50. The van der Waals surface area contributed by atoms with Crippen molar-refractivity contribution in [3.63, 3.8) is 0 Å². The van der Waals surface area contributed by atoms with Gasteiger partial charge in [-0.15, -0.1) is 0 Å². The molecule has 1 atom stereocenters. The third-order valence-electron chi connectivity index (χ3n) is 6.43. The minimum Gasteiger partial charge on any atom is -0.385 e. The highest BCUT2D eigenvalue weighted by molar-refractivity contribution is 5.85. The predicted molar refractivity (Wildman–Crippen MR) is 171 cm³/mol. The fourth-order valence-corrected chi connectivity index (χ4v) is 4.24. The molecular weight excluding hydrogens is 464 g/mol. The molecule has 38 heavy (non-hydrogen) atoms. The van der Waals surface area contributed by atoms with Crippen LogP contribution in [0.1, 0.15) is 76.8 Å². The number of rotatable bonds is 12. The summed E-state index contributed by atoms with van der Waals surface area (Å²) in [5.74, 6) is 0. The Morgan fingerprint density at radius 1 is 0.974 bits per heavy atom. The molecule has 0 aliphatic heterocycles. The average Bonchev–Trinajstić information content (AvgIpc) is 2.91. The van der Waals surface area contributed by atoms with Crippen LogP contribution in [0.4, 0.5) is 5.69 Å². The van der Waals surface area contributed by atoms with Gasteiger partial charge in [-0.25, -0.2) is 0 Å². The minimum atomic E-state index is 0.158. The van der Waals surface area contributed by atoms with E-state index in [0.29, 0.717) is 0 Å². The second-order valence-corrected chi connectivity index (χ2v) is 9.56. The number of benzene rings is 2. The molecule has 0 bridgehead atoms. The number of nitrogens with one attached hydrogen (secondary N) is 3. The molecule has 0 aliphatic carbocycles. The maximum atomic E-state index is 4.50. The molecule has 0 aromatic heterocycles. The van der Waals surface area contributed by atoms with Gasteiger partial charge in [-0.2, -0.15) is 0 Å². The molecule has 206 valence electrons. The maximum Gasteiger partial charge on any atom is 0.0485 e. The van der Waals surface area contributed by atoms with Crippen molar-refractivity contribution in [2.45, 2.75) is 61.4 Å². The topological polar surface area (TPSA) is 62.1 Å². The van der Waals surface area contributed by atoms with Crippen molar-refractivity contribution in [2.75, 3.05) is 25.5 Å². The van der Waals surface area contributed by atoms with Gasteiger partial charge in [-0.05, 0) is 102 Å². The molecule has 1 unspecified atom stereocenters. The molecule has 0 radical (unpaired) electrons. The summed E-state index contributed by atoms with van der Waals surface area (Å²) in [6, 6.07) is 15.3. The minimum absolute atomic E-state index is 0.158. The molecule has 0 saturated carbocycles. The Kier molecular flexibility index (Phi) is 14.0. The van der Waals surface area contributed by atoms with E-state index in [-0.39, 0.29) is 6.04 Å². The van der Waals surface area contributed by atoms with Crippen LogP contribution in [0.25, 0.3) is 11.3 Å². The SMILES string of the molecule is C=C/C(=C\C(C)=C(/C)C(NCC)=C(C)C)c1cc(C(=C)NC(C)c2ccc(C)cc2)ccc1NCC.CN. The highest BCUT2D eigenvalue weighted by Gasteiger charge is 2.12. The van der Waals surface area contributed by atoms with Crippen molar-refractivity contribution >= 4 is 17.0 Å². The monoisotopic (exact) mass is 514 g/mol. The Balaban J connectivity index is 0.00000352. The standard InChI is InChI=1S/C33H45N3.CH5N/c1-11-28(20-24(7)25(8)33(22(4)5)35-13-3)31-21-30(18-19-32(31)34-12-2)27(10)36-26(9)29-16-14-23(6)15-17-29;1-2/h11,14-21,26,34-36H,1,10,12-13H2,2-9H3;2H2,1H3/b25-24+,28-20+;.